The third kappa shape index (κ3) is 7.24. The molecule has 0 bridgehead atoms. The Labute approximate surface area is 190 Å². The average Bonchev–Trinajstić information content (AvgIpc) is 2.74. The predicted molar refractivity (Wildman–Crippen MR) is 129 cm³/mol. The molecule has 0 heterocycles. The van der Waals surface area contributed by atoms with E-state index in [4.69, 9.17) is 9.90 Å². The van der Waals surface area contributed by atoms with Crippen LogP contribution in [0.4, 0.5) is 0 Å². The van der Waals surface area contributed by atoms with Crippen LogP contribution in [-0.4, -0.2) is 35.6 Å². The van der Waals surface area contributed by atoms with Gasteiger partial charge in [-0.3, -0.25) is 4.79 Å². The maximum Gasteiger partial charge on any atom is 0.300 e. The van der Waals surface area contributed by atoms with Gasteiger partial charge in [0.1, 0.15) is 0 Å². The van der Waals surface area contributed by atoms with Gasteiger partial charge in [0, 0.05) is 11.4 Å². The van der Waals surface area contributed by atoms with E-state index in [0.717, 1.165) is 20.0 Å². The number of nitrogens with zero attached hydrogens (tertiary/aromatic N) is 1. The van der Waals surface area contributed by atoms with Crippen molar-refractivity contribution in [3.8, 4) is 0 Å². The normalized spacial score (nSPS) is 16.4. The second kappa shape index (κ2) is 12.9. The Hall–Kier alpha value is -1.65. The number of aryl methyl sites for hydroxylation is 1. The lowest BCUT2D eigenvalue weighted by molar-refractivity contribution is -0.134. The summed E-state index contributed by atoms with van der Waals surface area (Å²) in [4.78, 5) is 11.5. The number of hydrogen-bond donors (Lipinski definition) is 1. The minimum atomic E-state index is -0.833. The molecule has 2 unspecified atom stereocenters. The van der Waals surface area contributed by atoms with E-state index in [1.54, 1.807) is 11.1 Å². The Bertz CT molecular complexity index is 784. The van der Waals surface area contributed by atoms with Gasteiger partial charge < -0.3 is 10.0 Å². The van der Waals surface area contributed by atoms with E-state index in [1.165, 1.54) is 48.7 Å². The monoisotopic (exact) mass is 473 g/mol. The fourth-order valence-corrected chi connectivity index (χ4v) is 5.21. The first-order chi connectivity index (χ1) is 14.5. The summed E-state index contributed by atoms with van der Waals surface area (Å²) in [6, 6.07) is 18.0. The summed E-state index contributed by atoms with van der Waals surface area (Å²) in [5, 5.41) is 7.42. The summed E-state index contributed by atoms with van der Waals surface area (Å²) in [6.07, 6.45) is 6.41. The lowest BCUT2D eigenvalue weighted by atomic mass is 9.72. The largest absolute Gasteiger partial charge is 0.481 e. The van der Waals surface area contributed by atoms with Crippen LogP contribution < -0.4 is 0 Å². The molecule has 0 saturated heterocycles. The third-order valence-corrected chi connectivity index (χ3v) is 6.81. The number of halogens is 1. The number of carboxylic acids is 1. The molecule has 3 rings (SSSR count). The molecule has 0 amide bonds. The zero-order valence-electron chi connectivity index (χ0n) is 18.6. The number of rotatable bonds is 8. The molecule has 1 aliphatic carbocycles. The average molecular weight is 474 g/mol. The van der Waals surface area contributed by atoms with Crippen LogP contribution in [0.15, 0.2) is 53.0 Å². The maximum atomic E-state index is 9.00. The molecule has 1 aliphatic rings. The smallest absolute Gasteiger partial charge is 0.300 e. The number of carbonyl (C=O) groups is 1. The highest BCUT2D eigenvalue weighted by Crippen LogP contribution is 2.45. The second-order valence-corrected chi connectivity index (χ2v) is 8.87. The van der Waals surface area contributed by atoms with E-state index >= 15 is 0 Å². The first kappa shape index (κ1) is 24.6. The fraction of sp³-hybridized carbons (Fsp3) is 0.500. The fourth-order valence-electron chi connectivity index (χ4n) is 4.63. The topological polar surface area (TPSA) is 40.5 Å². The highest BCUT2D eigenvalue weighted by atomic mass is 79.9. The van der Waals surface area contributed by atoms with Crippen LogP contribution in [0.25, 0.3) is 0 Å². The van der Waals surface area contributed by atoms with Crippen LogP contribution in [0.3, 0.4) is 0 Å². The highest BCUT2D eigenvalue weighted by molar-refractivity contribution is 9.10. The van der Waals surface area contributed by atoms with Crippen molar-refractivity contribution in [1.82, 2.24) is 4.90 Å². The van der Waals surface area contributed by atoms with Gasteiger partial charge in [-0.05, 0) is 86.3 Å². The molecule has 0 radical (unpaired) electrons. The molecule has 2 aromatic rings. The Balaban J connectivity index is 0.000000735. The molecule has 164 valence electrons. The zero-order chi connectivity index (χ0) is 21.9. The van der Waals surface area contributed by atoms with Gasteiger partial charge in [0.15, 0.2) is 0 Å². The first-order valence-electron chi connectivity index (χ1n) is 11.2. The van der Waals surface area contributed by atoms with E-state index in [1.807, 2.05) is 0 Å². The van der Waals surface area contributed by atoms with Crippen molar-refractivity contribution in [3.05, 3.63) is 69.7 Å². The summed E-state index contributed by atoms with van der Waals surface area (Å²) < 4.78 is 1.27. The van der Waals surface area contributed by atoms with Gasteiger partial charge in [0.05, 0.1) is 0 Å². The molecule has 0 spiro atoms. The zero-order valence-corrected chi connectivity index (χ0v) is 20.2. The van der Waals surface area contributed by atoms with Crippen molar-refractivity contribution >= 4 is 21.9 Å². The van der Waals surface area contributed by atoms with Gasteiger partial charge >= 0.3 is 0 Å². The summed E-state index contributed by atoms with van der Waals surface area (Å²) in [7, 11) is 0. The van der Waals surface area contributed by atoms with Crippen LogP contribution in [-0.2, 0) is 11.2 Å². The van der Waals surface area contributed by atoms with Crippen LogP contribution >= 0.6 is 15.9 Å². The summed E-state index contributed by atoms with van der Waals surface area (Å²) >= 11 is 3.84. The number of carboxylic acid groups (broad SMARTS) is 1. The summed E-state index contributed by atoms with van der Waals surface area (Å²) in [6.45, 7) is 9.14. The molecule has 0 fully saturated rings. The van der Waals surface area contributed by atoms with Gasteiger partial charge in [-0.15, -0.1) is 0 Å². The highest BCUT2D eigenvalue weighted by Gasteiger charge is 2.29. The van der Waals surface area contributed by atoms with Crippen molar-refractivity contribution in [1.29, 1.82) is 0 Å². The Morgan fingerprint density at radius 2 is 1.77 bits per heavy atom. The van der Waals surface area contributed by atoms with Crippen LogP contribution in [0.5, 0.6) is 0 Å². The minimum Gasteiger partial charge on any atom is -0.481 e. The van der Waals surface area contributed by atoms with Crippen molar-refractivity contribution < 1.29 is 9.90 Å². The molecule has 0 saturated carbocycles. The second-order valence-electron chi connectivity index (χ2n) is 8.01. The lowest BCUT2D eigenvalue weighted by Gasteiger charge is -2.34. The number of aliphatic carboxylic acids is 1. The minimum absolute atomic E-state index is 0.600. The lowest BCUT2D eigenvalue weighted by Crippen LogP contribution is -2.25. The Morgan fingerprint density at radius 1 is 1.13 bits per heavy atom. The van der Waals surface area contributed by atoms with Gasteiger partial charge in [0.25, 0.3) is 5.97 Å². The number of hydrogen-bond acceptors (Lipinski definition) is 2. The van der Waals surface area contributed by atoms with Gasteiger partial charge in [-0.1, -0.05) is 72.2 Å². The molecular weight excluding hydrogens is 438 g/mol. The van der Waals surface area contributed by atoms with Gasteiger partial charge in [-0.25, -0.2) is 0 Å². The van der Waals surface area contributed by atoms with Gasteiger partial charge in [0.2, 0.25) is 0 Å². The van der Waals surface area contributed by atoms with Crippen molar-refractivity contribution in [2.24, 2.45) is 0 Å². The molecule has 2 atom stereocenters. The molecular formula is C26H36BrNO2. The van der Waals surface area contributed by atoms with Crippen LogP contribution in [0, 0.1) is 0 Å². The first-order valence-corrected chi connectivity index (χ1v) is 12.0. The van der Waals surface area contributed by atoms with E-state index < -0.39 is 5.97 Å². The van der Waals surface area contributed by atoms with Gasteiger partial charge in [-0.2, -0.15) is 0 Å². The van der Waals surface area contributed by atoms with E-state index in [0.29, 0.717) is 11.8 Å². The quantitative estimate of drug-likeness (QED) is 0.454. The standard InChI is InChI=1S/C24H32BrN.C2H4O2/c1-3-26(4-2)18-10-16-22(23-14-7-8-17-24(23)25)21-15-9-12-19-11-5-6-13-20(19)21;1-2(3)4/h5-8,11,13-14,17,21-22H,3-4,9-10,12,15-16,18H2,1-2H3;1H3,(H,3,4). The molecule has 1 N–H and O–H groups in total. The molecule has 4 heteroatoms. The molecule has 0 aliphatic heterocycles. The predicted octanol–water partition coefficient (Wildman–Crippen LogP) is 6.87. The maximum absolute atomic E-state index is 9.00. The van der Waals surface area contributed by atoms with E-state index in [2.05, 4.69) is 83.2 Å². The van der Waals surface area contributed by atoms with E-state index in [9.17, 15) is 0 Å². The number of fused-ring (bicyclic) bond motifs is 1. The summed E-state index contributed by atoms with van der Waals surface area (Å²) in [5.41, 5.74) is 4.67. The van der Waals surface area contributed by atoms with Crippen molar-refractivity contribution in [3.63, 3.8) is 0 Å². The summed E-state index contributed by atoms with van der Waals surface area (Å²) in [5.74, 6) is 0.415. The molecule has 30 heavy (non-hydrogen) atoms. The molecule has 2 aromatic carbocycles. The Morgan fingerprint density at radius 3 is 2.43 bits per heavy atom. The third-order valence-electron chi connectivity index (χ3n) is 6.09. The van der Waals surface area contributed by atoms with Crippen LogP contribution in [0.2, 0.25) is 0 Å². The van der Waals surface area contributed by atoms with E-state index in [-0.39, 0.29) is 0 Å². The molecule has 0 aromatic heterocycles. The Kier molecular flexibility index (Phi) is 10.6. The van der Waals surface area contributed by atoms with Crippen molar-refractivity contribution in [2.45, 2.75) is 64.7 Å². The number of benzene rings is 2. The van der Waals surface area contributed by atoms with Crippen LogP contribution in [0.1, 0.15) is 75.0 Å². The SMILES string of the molecule is CC(=O)O.CCN(CC)CCCC(c1ccccc1Br)C1CCCc2ccccc21. The van der Waals surface area contributed by atoms with Crippen molar-refractivity contribution in [2.75, 3.05) is 19.6 Å². The molecule has 3 nitrogen and oxygen atoms in total.